The van der Waals surface area contributed by atoms with Crippen LogP contribution in [-0.4, -0.2) is 78.7 Å². The molecule has 0 saturated carbocycles. The summed E-state index contributed by atoms with van der Waals surface area (Å²) in [6, 6.07) is 5.76. The zero-order chi connectivity index (χ0) is 19.0. The smallest absolute Gasteiger partial charge is 0.230 e. The van der Waals surface area contributed by atoms with Crippen LogP contribution in [0.4, 0.5) is 0 Å². The van der Waals surface area contributed by atoms with Crippen LogP contribution in [0.25, 0.3) is 0 Å². The first-order valence-corrected chi connectivity index (χ1v) is 9.35. The largest absolute Gasteiger partial charge is 0.383 e. The maximum absolute atomic E-state index is 13.2. The minimum Gasteiger partial charge on any atom is -0.383 e. The summed E-state index contributed by atoms with van der Waals surface area (Å²) < 4.78 is 11.2. The van der Waals surface area contributed by atoms with Gasteiger partial charge in [0.1, 0.15) is 5.60 Å². The van der Waals surface area contributed by atoms with E-state index in [4.69, 9.17) is 9.47 Å². The molecule has 4 atom stereocenters. The fourth-order valence-corrected chi connectivity index (χ4v) is 4.44. The normalized spacial score (nSPS) is 30.8. The molecule has 4 rings (SSSR count). The summed E-state index contributed by atoms with van der Waals surface area (Å²) in [4.78, 5) is 33.9. The molecule has 3 aliphatic rings. The molecule has 0 radical (unpaired) electrons. The first-order valence-electron chi connectivity index (χ1n) is 9.35. The number of amides is 2. The first kappa shape index (κ1) is 18.1. The third-order valence-corrected chi connectivity index (χ3v) is 5.83. The Bertz CT molecular complexity index is 753. The predicted octanol–water partition coefficient (Wildman–Crippen LogP) is 0.511. The van der Waals surface area contributed by atoms with Crippen molar-refractivity contribution in [2.45, 2.75) is 18.1 Å². The topological polar surface area (TPSA) is 72.0 Å². The molecule has 0 aromatic carbocycles. The maximum Gasteiger partial charge on any atom is 0.230 e. The Hall–Kier alpha value is -2.25. The van der Waals surface area contributed by atoms with Crippen molar-refractivity contribution in [3.8, 4) is 0 Å². The van der Waals surface area contributed by atoms with Crippen LogP contribution in [0, 0.1) is 11.8 Å². The molecule has 1 aromatic rings. The molecule has 0 aliphatic carbocycles. The molecule has 1 aromatic heterocycles. The second kappa shape index (κ2) is 7.05. The Labute approximate surface area is 158 Å². The van der Waals surface area contributed by atoms with Crippen molar-refractivity contribution in [1.29, 1.82) is 0 Å². The number of fused-ring (bicyclic) bond motifs is 1. The highest BCUT2D eigenvalue weighted by molar-refractivity contribution is 5.93. The lowest BCUT2D eigenvalue weighted by Crippen LogP contribution is -2.45. The number of hydrogen-bond donors (Lipinski definition) is 0. The minimum absolute atomic E-state index is 0.00428. The van der Waals surface area contributed by atoms with Gasteiger partial charge < -0.3 is 19.3 Å². The summed E-state index contributed by atoms with van der Waals surface area (Å²) >= 11 is 0. The summed E-state index contributed by atoms with van der Waals surface area (Å²) in [5.41, 5.74) is 0.290. The summed E-state index contributed by atoms with van der Waals surface area (Å²) in [6.45, 7) is 2.05. The van der Waals surface area contributed by atoms with Crippen LogP contribution in [0.5, 0.6) is 0 Å². The lowest BCUT2D eigenvalue weighted by molar-refractivity contribution is -0.142. The van der Waals surface area contributed by atoms with Crippen LogP contribution in [0.3, 0.4) is 0 Å². The average molecular weight is 371 g/mol. The van der Waals surface area contributed by atoms with E-state index in [2.05, 4.69) is 4.98 Å². The third kappa shape index (κ3) is 3.04. The van der Waals surface area contributed by atoms with Crippen LogP contribution in [0.2, 0.25) is 0 Å². The molecule has 2 saturated heterocycles. The molecule has 4 heterocycles. The number of carbonyl (C=O) groups is 2. The fourth-order valence-electron chi connectivity index (χ4n) is 4.44. The lowest BCUT2D eigenvalue weighted by Gasteiger charge is -2.27. The fraction of sp³-hybridized carbons (Fsp3) is 0.550. The Morgan fingerprint density at radius 2 is 2.33 bits per heavy atom. The van der Waals surface area contributed by atoms with E-state index in [0.717, 1.165) is 5.69 Å². The number of hydrogen-bond acceptors (Lipinski definition) is 5. The Morgan fingerprint density at radius 1 is 1.48 bits per heavy atom. The van der Waals surface area contributed by atoms with Gasteiger partial charge in [0.25, 0.3) is 0 Å². The van der Waals surface area contributed by atoms with Crippen LogP contribution in [0.15, 0.2) is 36.5 Å². The molecule has 7 heteroatoms. The summed E-state index contributed by atoms with van der Waals surface area (Å²) in [5, 5.41) is 0. The van der Waals surface area contributed by atoms with E-state index in [1.54, 1.807) is 30.2 Å². The molecule has 27 heavy (non-hydrogen) atoms. The molecular formula is C20H25N3O4. The molecule has 3 aliphatic heterocycles. The third-order valence-electron chi connectivity index (χ3n) is 5.83. The molecule has 2 amide bonds. The van der Waals surface area contributed by atoms with Gasteiger partial charge in [-0.1, -0.05) is 18.2 Å². The van der Waals surface area contributed by atoms with Crippen LogP contribution in [-0.2, 0) is 25.5 Å². The van der Waals surface area contributed by atoms with Gasteiger partial charge in [-0.05, 0) is 12.1 Å². The molecule has 2 bridgehead atoms. The average Bonchev–Trinajstić information content (AvgIpc) is 3.33. The molecule has 1 spiro atoms. The van der Waals surface area contributed by atoms with Gasteiger partial charge in [0.2, 0.25) is 11.8 Å². The highest BCUT2D eigenvalue weighted by Gasteiger charge is 2.66. The van der Waals surface area contributed by atoms with E-state index in [1.165, 1.54) is 0 Å². The van der Waals surface area contributed by atoms with Gasteiger partial charge >= 0.3 is 0 Å². The number of pyridine rings is 1. The zero-order valence-corrected chi connectivity index (χ0v) is 15.7. The van der Waals surface area contributed by atoms with Gasteiger partial charge in [-0.15, -0.1) is 0 Å². The van der Waals surface area contributed by atoms with E-state index < -0.39 is 17.4 Å². The first-order chi connectivity index (χ1) is 13.1. The molecule has 144 valence electrons. The number of nitrogens with zero attached hydrogens (tertiary/aromatic N) is 3. The van der Waals surface area contributed by atoms with Gasteiger partial charge in [0.05, 0.1) is 31.1 Å². The van der Waals surface area contributed by atoms with E-state index in [-0.39, 0.29) is 17.9 Å². The number of rotatable bonds is 7. The Kier molecular flexibility index (Phi) is 4.74. The van der Waals surface area contributed by atoms with Crippen molar-refractivity contribution in [2.24, 2.45) is 11.8 Å². The minimum atomic E-state index is -0.655. The van der Waals surface area contributed by atoms with E-state index >= 15 is 0 Å². The van der Waals surface area contributed by atoms with Crippen molar-refractivity contribution in [2.75, 3.05) is 40.4 Å². The summed E-state index contributed by atoms with van der Waals surface area (Å²) in [7, 11) is 3.40. The van der Waals surface area contributed by atoms with Crippen LogP contribution < -0.4 is 0 Å². The zero-order valence-electron chi connectivity index (χ0n) is 15.7. The molecular weight excluding hydrogens is 346 g/mol. The number of ether oxygens (including phenoxy) is 2. The molecule has 0 unspecified atom stereocenters. The predicted molar refractivity (Wildman–Crippen MR) is 97.8 cm³/mol. The molecule has 7 nitrogen and oxygen atoms in total. The van der Waals surface area contributed by atoms with E-state index in [0.29, 0.717) is 32.7 Å². The number of carbonyl (C=O) groups excluding carboxylic acids is 2. The number of methoxy groups -OCH3 is 1. The van der Waals surface area contributed by atoms with Crippen LogP contribution >= 0.6 is 0 Å². The second-order valence-electron chi connectivity index (χ2n) is 7.48. The van der Waals surface area contributed by atoms with Gasteiger partial charge in [0.15, 0.2) is 0 Å². The van der Waals surface area contributed by atoms with E-state index in [1.807, 2.05) is 30.4 Å². The Morgan fingerprint density at radius 3 is 3.07 bits per heavy atom. The van der Waals surface area contributed by atoms with Gasteiger partial charge in [-0.3, -0.25) is 14.6 Å². The van der Waals surface area contributed by atoms with Crippen molar-refractivity contribution in [3.63, 3.8) is 0 Å². The van der Waals surface area contributed by atoms with Gasteiger partial charge in [-0.25, -0.2) is 0 Å². The SMILES string of the molecule is COCCN1C[C@]23C=C[C@H](O2)[C@@H](C(=O)N(C)CCc2ccccn2)[C@@H]3C1=O. The van der Waals surface area contributed by atoms with Crippen molar-refractivity contribution in [3.05, 3.63) is 42.2 Å². The molecule has 0 N–H and O–H groups in total. The van der Waals surface area contributed by atoms with Crippen LogP contribution in [0.1, 0.15) is 5.69 Å². The Balaban J connectivity index is 1.46. The number of likely N-dealkylation sites (N-methyl/N-ethyl adjacent to an activating group) is 1. The molecule has 2 fully saturated rings. The second-order valence-corrected chi connectivity index (χ2v) is 7.48. The van der Waals surface area contributed by atoms with Gasteiger partial charge in [0, 0.05) is 45.6 Å². The van der Waals surface area contributed by atoms with Crippen molar-refractivity contribution >= 4 is 11.8 Å². The standard InChI is InChI=1S/C20H25N3O4/c1-22(10-7-14-5-3-4-9-21-14)18(24)16-15-6-8-20(27-15)13-23(11-12-26-2)19(25)17(16)20/h3-6,8-9,15-17H,7,10-13H2,1-2H3/t15-,16+,17+,20-/m0/s1. The van der Waals surface area contributed by atoms with Crippen molar-refractivity contribution < 1.29 is 19.1 Å². The maximum atomic E-state index is 13.2. The summed E-state index contributed by atoms with van der Waals surface area (Å²) in [5.74, 6) is -0.928. The summed E-state index contributed by atoms with van der Waals surface area (Å²) in [6.07, 6.45) is 6.04. The lowest BCUT2D eigenvalue weighted by atomic mass is 9.76. The highest BCUT2D eigenvalue weighted by Crippen LogP contribution is 2.52. The van der Waals surface area contributed by atoms with Gasteiger partial charge in [-0.2, -0.15) is 0 Å². The highest BCUT2D eigenvalue weighted by atomic mass is 16.5. The number of aromatic nitrogens is 1. The monoisotopic (exact) mass is 371 g/mol. The quantitative estimate of drug-likeness (QED) is 0.653. The number of likely N-dealkylation sites (tertiary alicyclic amines) is 1. The van der Waals surface area contributed by atoms with Crippen molar-refractivity contribution in [1.82, 2.24) is 14.8 Å². The van der Waals surface area contributed by atoms with E-state index in [9.17, 15) is 9.59 Å².